The molecule has 0 aliphatic carbocycles. The third-order valence-electron chi connectivity index (χ3n) is 5.61. The smallest absolute Gasteiger partial charge is 0.410 e. The molecule has 0 spiro atoms. The van der Waals surface area contributed by atoms with Gasteiger partial charge in [0.05, 0.1) is 12.0 Å². The molecule has 0 radical (unpaired) electrons. The highest BCUT2D eigenvalue weighted by Gasteiger charge is 2.22. The van der Waals surface area contributed by atoms with Gasteiger partial charge in [-0.3, -0.25) is 9.88 Å². The van der Waals surface area contributed by atoms with E-state index in [1.807, 2.05) is 49.5 Å². The summed E-state index contributed by atoms with van der Waals surface area (Å²) < 4.78 is 5.58. The highest BCUT2D eigenvalue weighted by molar-refractivity contribution is 5.70. The molecule has 31 heavy (non-hydrogen) atoms. The molecule has 162 valence electrons. The molecule has 1 aromatic carbocycles. The van der Waals surface area contributed by atoms with Gasteiger partial charge in [0.25, 0.3) is 0 Å². The van der Waals surface area contributed by atoms with E-state index in [9.17, 15) is 4.79 Å². The number of hydrogen-bond donors (Lipinski definition) is 1. The SMILES string of the molecule is Cc1cccc(CCc2ccc(OC(=O)N3CCN(CCc4c[nH]cn4)CC3)cc2)n1. The van der Waals surface area contributed by atoms with Gasteiger partial charge in [-0.25, -0.2) is 9.78 Å². The zero-order chi connectivity index (χ0) is 21.5. The lowest BCUT2D eigenvalue weighted by molar-refractivity contribution is 0.111. The first-order valence-electron chi connectivity index (χ1n) is 10.8. The first-order valence-corrected chi connectivity index (χ1v) is 10.8. The van der Waals surface area contributed by atoms with Gasteiger partial charge in [0.2, 0.25) is 0 Å². The van der Waals surface area contributed by atoms with Crippen molar-refractivity contribution in [1.29, 1.82) is 0 Å². The number of aromatic amines is 1. The Morgan fingerprint density at radius 2 is 1.81 bits per heavy atom. The van der Waals surface area contributed by atoms with Crippen molar-refractivity contribution in [3.05, 3.63) is 77.6 Å². The molecule has 7 nitrogen and oxygen atoms in total. The average molecular weight is 420 g/mol. The van der Waals surface area contributed by atoms with Gasteiger partial charge >= 0.3 is 6.09 Å². The number of hydrogen-bond acceptors (Lipinski definition) is 5. The quantitative estimate of drug-likeness (QED) is 0.636. The van der Waals surface area contributed by atoms with Gasteiger partial charge in [0.15, 0.2) is 0 Å². The van der Waals surface area contributed by atoms with Gasteiger partial charge in [-0.1, -0.05) is 18.2 Å². The van der Waals surface area contributed by atoms with Crippen molar-refractivity contribution in [2.75, 3.05) is 32.7 Å². The van der Waals surface area contributed by atoms with E-state index in [-0.39, 0.29) is 6.09 Å². The minimum atomic E-state index is -0.274. The number of aromatic nitrogens is 3. The molecule has 1 amide bonds. The van der Waals surface area contributed by atoms with E-state index in [1.165, 1.54) is 5.56 Å². The second-order valence-electron chi connectivity index (χ2n) is 7.92. The second kappa shape index (κ2) is 10.2. The maximum atomic E-state index is 12.5. The number of imidazole rings is 1. The van der Waals surface area contributed by atoms with Gasteiger partial charge < -0.3 is 14.6 Å². The number of benzene rings is 1. The summed E-state index contributed by atoms with van der Waals surface area (Å²) in [6.45, 7) is 6.03. The number of nitrogens with zero attached hydrogens (tertiary/aromatic N) is 4. The standard InChI is InChI=1S/C24H29N5O2/c1-19-3-2-4-21(27-19)8-5-20-6-9-23(10-7-20)31-24(30)29-15-13-28(14-16-29)12-11-22-17-25-18-26-22/h2-4,6-7,9-10,17-18H,5,8,11-16H2,1H3,(H,25,26). The summed E-state index contributed by atoms with van der Waals surface area (Å²) in [5, 5.41) is 0. The van der Waals surface area contributed by atoms with Crippen LogP contribution in [0.25, 0.3) is 0 Å². The van der Waals surface area contributed by atoms with Crippen LogP contribution in [-0.2, 0) is 19.3 Å². The zero-order valence-electron chi connectivity index (χ0n) is 18.0. The molecule has 2 aromatic heterocycles. The number of pyridine rings is 1. The second-order valence-corrected chi connectivity index (χ2v) is 7.92. The average Bonchev–Trinajstić information content (AvgIpc) is 3.31. The molecule has 1 N–H and O–H groups in total. The van der Waals surface area contributed by atoms with E-state index in [4.69, 9.17) is 4.74 Å². The summed E-state index contributed by atoms with van der Waals surface area (Å²) in [4.78, 5) is 28.4. The van der Waals surface area contributed by atoms with Crippen LogP contribution in [0.2, 0.25) is 0 Å². The number of carbonyl (C=O) groups is 1. The van der Waals surface area contributed by atoms with Gasteiger partial charge in [0, 0.05) is 56.7 Å². The molecule has 1 aliphatic rings. The Labute approximate surface area is 183 Å². The Morgan fingerprint density at radius 3 is 2.52 bits per heavy atom. The van der Waals surface area contributed by atoms with E-state index in [0.717, 1.165) is 56.0 Å². The molecule has 3 aromatic rings. The van der Waals surface area contributed by atoms with E-state index >= 15 is 0 Å². The van der Waals surface area contributed by atoms with E-state index in [0.29, 0.717) is 18.8 Å². The van der Waals surface area contributed by atoms with Gasteiger partial charge in [-0.2, -0.15) is 0 Å². The lowest BCUT2D eigenvalue weighted by Gasteiger charge is -2.33. The largest absolute Gasteiger partial charge is 0.415 e. The van der Waals surface area contributed by atoms with Gasteiger partial charge in [-0.15, -0.1) is 0 Å². The summed E-state index contributed by atoms with van der Waals surface area (Å²) in [5.74, 6) is 0.586. The van der Waals surface area contributed by atoms with Crippen molar-refractivity contribution in [1.82, 2.24) is 24.8 Å². The summed E-state index contributed by atoms with van der Waals surface area (Å²) >= 11 is 0. The van der Waals surface area contributed by atoms with E-state index in [2.05, 4.69) is 25.9 Å². The molecule has 4 rings (SSSR count). The topological polar surface area (TPSA) is 74.3 Å². The summed E-state index contributed by atoms with van der Waals surface area (Å²) in [5.41, 5.74) is 4.41. The van der Waals surface area contributed by atoms with Crippen LogP contribution >= 0.6 is 0 Å². The number of aryl methyl sites for hydroxylation is 3. The molecule has 7 heteroatoms. The lowest BCUT2D eigenvalue weighted by Crippen LogP contribution is -2.49. The number of carbonyl (C=O) groups excluding carboxylic acids is 1. The Kier molecular flexibility index (Phi) is 6.94. The molecular formula is C24H29N5O2. The Balaban J connectivity index is 1.20. The van der Waals surface area contributed by atoms with Crippen LogP contribution in [0.5, 0.6) is 5.75 Å². The van der Waals surface area contributed by atoms with Crippen LogP contribution in [0.3, 0.4) is 0 Å². The molecular weight excluding hydrogens is 390 g/mol. The van der Waals surface area contributed by atoms with Crippen molar-refractivity contribution in [3.8, 4) is 5.75 Å². The minimum absolute atomic E-state index is 0.274. The Hall–Kier alpha value is -3.19. The number of ether oxygens (including phenoxy) is 1. The fraction of sp³-hybridized carbons (Fsp3) is 0.375. The van der Waals surface area contributed by atoms with Crippen molar-refractivity contribution in [2.24, 2.45) is 0 Å². The molecule has 0 saturated carbocycles. The number of H-pyrrole nitrogens is 1. The van der Waals surface area contributed by atoms with Crippen LogP contribution in [0.4, 0.5) is 4.79 Å². The molecule has 3 heterocycles. The van der Waals surface area contributed by atoms with Crippen molar-refractivity contribution in [3.63, 3.8) is 0 Å². The fourth-order valence-electron chi connectivity index (χ4n) is 3.76. The van der Waals surface area contributed by atoms with Gasteiger partial charge in [-0.05, 0) is 49.6 Å². The first kappa shape index (κ1) is 21.1. The number of nitrogens with one attached hydrogen (secondary N) is 1. The Morgan fingerprint density at radius 1 is 1.00 bits per heavy atom. The van der Waals surface area contributed by atoms with Crippen LogP contribution < -0.4 is 4.74 Å². The molecule has 0 atom stereocenters. The Bertz CT molecular complexity index is 964. The normalized spacial score (nSPS) is 14.5. The molecule has 0 unspecified atom stereocenters. The van der Waals surface area contributed by atoms with Crippen LogP contribution in [0.15, 0.2) is 55.0 Å². The molecule has 1 fully saturated rings. The number of piperazine rings is 1. The summed E-state index contributed by atoms with van der Waals surface area (Å²) in [6.07, 6.45) is 6.08. The maximum absolute atomic E-state index is 12.5. The predicted molar refractivity (Wildman–Crippen MR) is 119 cm³/mol. The van der Waals surface area contributed by atoms with E-state index in [1.54, 1.807) is 11.2 Å². The maximum Gasteiger partial charge on any atom is 0.415 e. The lowest BCUT2D eigenvalue weighted by atomic mass is 10.1. The highest BCUT2D eigenvalue weighted by Crippen LogP contribution is 2.16. The first-order chi connectivity index (χ1) is 15.2. The van der Waals surface area contributed by atoms with Crippen molar-refractivity contribution in [2.45, 2.75) is 26.2 Å². The summed E-state index contributed by atoms with van der Waals surface area (Å²) in [6, 6.07) is 13.9. The third kappa shape index (κ3) is 6.15. The third-order valence-corrected chi connectivity index (χ3v) is 5.61. The van der Waals surface area contributed by atoms with Crippen molar-refractivity contribution >= 4 is 6.09 Å². The monoisotopic (exact) mass is 419 g/mol. The molecule has 1 aliphatic heterocycles. The minimum Gasteiger partial charge on any atom is -0.410 e. The molecule has 1 saturated heterocycles. The molecule has 0 bridgehead atoms. The number of amides is 1. The van der Waals surface area contributed by atoms with Crippen LogP contribution in [0, 0.1) is 6.92 Å². The predicted octanol–water partition coefficient (Wildman–Crippen LogP) is 3.26. The fourth-order valence-corrected chi connectivity index (χ4v) is 3.76. The van der Waals surface area contributed by atoms with Crippen molar-refractivity contribution < 1.29 is 9.53 Å². The van der Waals surface area contributed by atoms with Crippen LogP contribution in [0.1, 0.15) is 22.6 Å². The number of rotatable bonds is 7. The zero-order valence-corrected chi connectivity index (χ0v) is 18.0. The van der Waals surface area contributed by atoms with Gasteiger partial charge in [0.1, 0.15) is 5.75 Å². The van der Waals surface area contributed by atoms with Crippen LogP contribution in [-0.4, -0.2) is 63.6 Å². The summed E-state index contributed by atoms with van der Waals surface area (Å²) in [7, 11) is 0. The van der Waals surface area contributed by atoms with E-state index < -0.39 is 0 Å². The highest BCUT2D eigenvalue weighted by atomic mass is 16.6.